The van der Waals surface area contributed by atoms with E-state index in [2.05, 4.69) is 13.0 Å². The largest absolute Gasteiger partial charge is 0.381 e. The molecule has 0 saturated carbocycles. The van der Waals surface area contributed by atoms with E-state index in [1.165, 1.54) is 5.56 Å². The van der Waals surface area contributed by atoms with Crippen LogP contribution in [0.3, 0.4) is 0 Å². The van der Waals surface area contributed by atoms with E-state index >= 15 is 0 Å². The average molecular weight is 248 g/mol. The first-order chi connectivity index (χ1) is 8.65. The van der Waals surface area contributed by atoms with Crippen molar-refractivity contribution in [3.05, 3.63) is 35.4 Å². The van der Waals surface area contributed by atoms with Gasteiger partial charge in [-0.2, -0.15) is 0 Å². The summed E-state index contributed by atoms with van der Waals surface area (Å²) in [7, 11) is 3.19. The van der Waals surface area contributed by atoms with Crippen LogP contribution in [0.1, 0.15) is 36.8 Å². The summed E-state index contributed by atoms with van der Waals surface area (Å²) in [4.78, 5) is 12.5. The standard InChI is InChI=1S/C15H20O3/c1-11-8-9-14(16)15(18-3,10-17-2)13-7-5-4-6-12(11)13/h4-7,11H,8-10H2,1-3H3/t11-,15-/m1/s1. The third kappa shape index (κ3) is 1.98. The molecule has 0 amide bonds. The molecule has 0 heterocycles. The first-order valence-corrected chi connectivity index (χ1v) is 6.32. The lowest BCUT2D eigenvalue weighted by Crippen LogP contribution is -2.42. The van der Waals surface area contributed by atoms with Crippen LogP contribution in [0, 0.1) is 0 Å². The summed E-state index contributed by atoms with van der Waals surface area (Å²) in [5.74, 6) is 0.489. The van der Waals surface area contributed by atoms with Gasteiger partial charge in [0.25, 0.3) is 0 Å². The predicted molar refractivity (Wildman–Crippen MR) is 69.7 cm³/mol. The van der Waals surface area contributed by atoms with E-state index in [0.29, 0.717) is 12.3 Å². The van der Waals surface area contributed by atoms with Crippen molar-refractivity contribution < 1.29 is 14.3 Å². The number of Topliss-reactive ketones (excluding diaryl/α,β-unsaturated/α-hetero) is 1. The van der Waals surface area contributed by atoms with Crippen molar-refractivity contribution >= 4 is 5.78 Å². The SMILES string of the molecule is COC[C@]1(OC)C(=O)CC[C@@H](C)c2ccccc21. The van der Waals surface area contributed by atoms with Gasteiger partial charge in [-0.15, -0.1) is 0 Å². The number of carbonyl (C=O) groups is 1. The molecular weight excluding hydrogens is 228 g/mol. The number of rotatable bonds is 3. The van der Waals surface area contributed by atoms with Crippen molar-refractivity contribution in [1.82, 2.24) is 0 Å². The number of ether oxygens (including phenoxy) is 2. The van der Waals surface area contributed by atoms with Crippen molar-refractivity contribution in [2.24, 2.45) is 0 Å². The van der Waals surface area contributed by atoms with E-state index < -0.39 is 5.60 Å². The first kappa shape index (κ1) is 13.2. The number of benzene rings is 1. The maximum Gasteiger partial charge on any atom is 0.174 e. The molecule has 98 valence electrons. The predicted octanol–water partition coefficient (Wildman–Crippen LogP) is 2.64. The number of hydrogen-bond donors (Lipinski definition) is 0. The van der Waals surface area contributed by atoms with Gasteiger partial charge in [-0.3, -0.25) is 4.79 Å². The molecule has 18 heavy (non-hydrogen) atoms. The molecule has 0 bridgehead atoms. The topological polar surface area (TPSA) is 35.5 Å². The van der Waals surface area contributed by atoms with Gasteiger partial charge >= 0.3 is 0 Å². The van der Waals surface area contributed by atoms with E-state index in [4.69, 9.17) is 9.47 Å². The van der Waals surface area contributed by atoms with Crippen LogP contribution in [0.5, 0.6) is 0 Å². The Labute approximate surface area is 108 Å². The molecule has 3 nitrogen and oxygen atoms in total. The molecule has 1 aromatic carbocycles. The monoisotopic (exact) mass is 248 g/mol. The summed E-state index contributed by atoms with van der Waals surface area (Å²) in [5, 5.41) is 0. The summed E-state index contributed by atoms with van der Waals surface area (Å²) >= 11 is 0. The van der Waals surface area contributed by atoms with E-state index in [1.54, 1.807) is 14.2 Å². The van der Waals surface area contributed by atoms with E-state index in [0.717, 1.165) is 12.0 Å². The van der Waals surface area contributed by atoms with E-state index in [1.807, 2.05) is 18.2 Å². The van der Waals surface area contributed by atoms with Crippen LogP contribution < -0.4 is 0 Å². The first-order valence-electron chi connectivity index (χ1n) is 6.32. The Morgan fingerprint density at radius 2 is 2.06 bits per heavy atom. The summed E-state index contributed by atoms with van der Waals surface area (Å²) in [6.45, 7) is 2.43. The summed E-state index contributed by atoms with van der Waals surface area (Å²) < 4.78 is 10.9. The zero-order valence-corrected chi connectivity index (χ0v) is 11.2. The fraction of sp³-hybridized carbons (Fsp3) is 0.533. The molecule has 1 aromatic rings. The Bertz CT molecular complexity index is 441. The normalized spacial score (nSPS) is 27.7. The minimum absolute atomic E-state index is 0.114. The van der Waals surface area contributed by atoms with Crippen molar-refractivity contribution in [1.29, 1.82) is 0 Å². The van der Waals surface area contributed by atoms with Crippen molar-refractivity contribution in [3.8, 4) is 0 Å². The zero-order valence-electron chi connectivity index (χ0n) is 11.2. The van der Waals surface area contributed by atoms with Crippen LogP contribution >= 0.6 is 0 Å². The molecule has 0 radical (unpaired) electrons. The van der Waals surface area contributed by atoms with Gasteiger partial charge in [0.2, 0.25) is 0 Å². The molecule has 0 N–H and O–H groups in total. The highest BCUT2D eigenvalue weighted by Gasteiger charge is 2.43. The third-order valence-corrected chi connectivity index (χ3v) is 3.88. The van der Waals surface area contributed by atoms with Crippen LogP contribution in [0.2, 0.25) is 0 Å². The average Bonchev–Trinajstić information content (AvgIpc) is 2.50. The van der Waals surface area contributed by atoms with E-state index in [-0.39, 0.29) is 12.4 Å². The van der Waals surface area contributed by atoms with Gasteiger partial charge in [-0.1, -0.05) is 31.2 Å². The molecule has 0 saturated heterocycles. The van der Waals surface area contributed by atoms with Crippen LogP contribution in [-0.4, -0.2) is 26.6 Å². The second kappa shape index (κ2) is 5.21. The Morgan fingerprint density at radius 1 is 1.33 bits per heavy atom. The Morgan fingerprint density at radius 3 is 2.72 bits per heavy atom. The summed E-state index contributed by atoms with van der Waals surface area (Å²) in [5.41, 5.74) is 1.22. The summed E-state index contributed by atoms with van der Waals surface area (Å²) in [6.07, 6.45) is 1.40. The number of methoxy groups -OCH3 is 2. The van der Waals surface area contributed by atoms with Gasteiger partial charge in [-0.25, -0.2) is 0 Å². The molecule has 0 aromatic heterocycles. The molecule has 2 rings (SSSR count). The molecule has 0 unspecified atom stereocenters. The molecule has 3 heteroatoms. The van der Waals surface area contributed by atoms with E-state index in [9.17, 15) is 4.79 Å². The van der Waals surface area contributed by atoms with Gasteiger partial charge in [0, 0.05) is 20.6 Å². The second-order valence-electron chi connectivity index (χ2n) is 4.91. The minimum Gasteiger partial charge on any atom is -0.381 e. The van der Waals surface area contributed by atoms with Gasteiger partial charge in [0.05, 0.1) is 6.61 Å². The zero-order chi connectivity index (χ0) is 13.2. The number of carbonyl (C=O) groups excluding carboxylic acids is 1. The lowest BCUT2D eigenvalue weighted by molar-refractivity contribution is -0.149. The fourth-order valence-corrected chi connectivity index (χ4v) is 2.79. The second-order valence-corrected chi connectivity index (χ2v) is 4.91. The number of ketones is 1. The fourth-order valence-electron chi connectivity index (χ4n) is 2.79. The Hall–Kier alpha value is -1.19. The van der Waals surface area contributed by atoms with Crippen molar-refractivity contribution in [2.45, 2.75) is 31.3 Å². The van der Waals surface area contributed by atoms with Crippen LogP contribution in [0.15, 0.2) is 24.3 Å². The lowest BCUT2D eigenvalue weighted by Gasteiger charge is -2.31. The van der Waals surface area contributed by atoms with Crippen LogP contribution in [0.25, 0.3) is 0 Å². The van der Waals surface area contributed by atoms with Crippen molar-refractivity contribution in [2.75, 3.05) is 20.8 Å². The number of hydrogen-bond acceptors (Lipinski definition) is 3. The van der Waals surface area contributed by atoms with Gasteiger partial charge in [-0.05, 0) is 23.5 Å². The Balaban J connectivity index is 2.61. The molecule has 0 spiro atoms. The van der Waals surface area contributed by atoms with Crippen molar-refractivity contribution in [3.63, 3.8) is 0 Å². The highest BCUT2D eigenvalue weighted by atomic mass is 16.5. The third-order valence-electron chi connectivity index (χ3n) is 3.88. The van der Waals surface area contributed by atoms with Crippen LogP contribution in [0.4, 0.5) is 0 Å². The highest BCUT2D eigenvalue weighted by molar-refractivity contribution is 5.90. The smallest absolute Gasteiger partial charge is 0.174 e. The molecule has 2 atom stereocenters. The Kier molecular flexibility index (Phi) is 3.83. The molecule has 0 aliphatic heterocycles. The molecule has 1 aliphatic rings. The summed E-state index contributed by atoms with van der Waals surface area (Å²) in [6, 6.07) is 8.03. The quantitative estimate of drug-likeness (QED) is 0.771. The van der Waals surface area contributed by atoms with Gasteiger partial charge < -0.3 is 9.47 Å². The lowest BCUT2D eigenvalue weighted by atomic mass is 9.86. The van der Waals surface area contributed by atoms with Crippen LogP contribution in [-0.2, 0) is 19.9 Å². The maximum absolute atomic E-state index is 12.5. The maximum atomic E-state index is 12.5. The molecule has 1 aliphatic carbocycles. The highest BCUT2D eigenvalue weighted by Crippen LogP contribution is 2.39. The minimum atomic E-state index is -0.934. The van der Waals surface area contributed by atoms with Gasteiger partial charge in [0.15, 0.2) is 11.4 Å². The molecular formula is C15H20O3. The van der Waals surface area contributed by atoms with Gasteiger partial charge in [0.1, 0.15) is 0 Å². The molecule has 0 fully saturated rings. The number of fused-ring (bicyclic) bond motifs is 1.